The van der Waals surface area contributed by atoms with Crippen LogP contribution in [0.3, 0.4) is 0 Å². The topological polar surface area (TPSA) is 71.0 Å². The molecule has 1 saturated heterocycles. The van der Waals surface area contributed by atoms with Crippen LogP contribution in [0.2, 0.25) is 0 Å². The van der Waals surface area contributed by atoms with Crippen molar-refractivity contribution < 1.29 is 32.5 Å². The number of halogens is 3. The minimum Gasteiger partial charge on any atom is -0.508 e. The average Bonchev–Trinajstić information content (AvgIpc) is 3.17. The fraction of sp³-hybridized carbons (Fsp3) is 0.381. The SMILES string of the molecule is O=C(CN(Cc1ccccc1O)CC1CCCO1)Nc1ccc(OC(F)(F)F)cc1. The lowest BCUT2D eigenvalue weighted by molar-refractivity contribution is -0.274. The van der Waals surface area contributed by atoms with Crippen molar-refractivity contribution in [2.45, 2.75) is 31.9 Å². The third-order valence-electron chi connectivity index (χ3n) is 4.61. The quantitative estimate of drug-likeness (QED) is 0.673. The van der Waals surface area contributed by atoms with Crippen LogP contribution in [0.25, 0.3) is 0 Å². The Bertz CT molecular complexity index is 837. The lowest BCUT2D eigenvalue weighted by Crippen LogP contribution is -2.38. The second-order valence-electron chi connectivity index (χ2n) is 7.05. The lowest BCUT2D eigenvalue weighted by Gasteiger charge is -2.25. The molecule has 2 aromatic rings. The molecule has 1 unspecified atom stereocenters. The van der Waals surface area contributed by atoms with E-state index in [0.717, 1.165) is 25.0 Å². The molecule has 1 aliphatic rings. The molecule has 0 bridgehead atoms. The summed E-state index contributed by atoms with van der Waals surface area (Å²) in [6.45, 7) is 1.61. The Balaban J connectivity index is 1.61. The average molecular weight is 424 g/mol. The smallest absolute Gasteiger partial charge is 0.508 e. The van der Waals surface area contributed by atoms with E-state index < -0.39 is 6.36 Å². The minimum absolute atomic E-state index is 0.0162. The van der Waals surface area contributed by atoms with E-state index in [1.165, 1.54) is 12.1 Å². The summed E-state index contributed by atoms with van der Waals surface area (Å²) in [6.07, 6.45) is -2.88. The Morgan fingerprint density at radius 2 is 1.93 bits per heavy atom. The van der Waals surface area contributed by atoms with Gasteiger partial charge in [0.15, 0.2) is 0 Å². The van der Waals surface area contributed by atoms with Crippen LogP contribution in [0, 0.1) is 0 Å². The highest BCUT2D eigenvalue weighted by molar-refractivity contribution is 5.92. The van der Waals surface area contributed by atoms with E-state index in [2.05, 4.69) is 10.1 Å². The van der Waals surface area contributed by atoms with Crippen molar-refractivity contribution in [2.75, 3.05) is 25.0 Å². The normalized spacial score (nSPS) is 16.6. The Morgan fingerprint density at radius 3 is 2.57 bits per heavy atom. The zero-order chi connectivity index (χ0) is 21.6. The maximum absolute atomic E-state index is 12.5. The summed E-state index contributed by atoms with van der Waals surface area (Å²) in [5, 5.41) is 12.7. The van der Waals surface area contributed by atoms with Gasteiger partial charge in [0.25, 0.3) is 0 Å². The zero-order valence-electron chi connectivity index (χ0n) is 16.2. The molecule has 1 amide bonds. The van der Waals surface area contributed by atoms with Crippen LogP contribution in [0.5, 0.6) is 11.5 Å². The standard InChI is InChI=1S/C21H23F3N2O4/c22-21(23,24)30-17-9-7-16(8-10-17)25-20(28)14-26(13-18-5-3-11-29-18)12-15-4-1-2-6-19(15)27/h1-2,4,6-10,18,27H,3,5,11-14H2,(H,25,28). The van der Waals surface area contributed by atoms with Gasteiger partial charge >= 0.3 is 6.36 Å². The molecule has 0 aliphatic carbocycles. The second kappa shape index (κ2) is 9.82. The molecule has 2 N–H and O–H groups in total. The van der Waals surface area contributed by atoms with Gasteiger partial charge in [-0.25, -0.2) is 0 Å². The Kier molecular flexibility index (Phi) is 7.17. The van der Waals surface area contributed by atoms with Gasteiger partial charge in [-0.3, -0.25) is 9.69 Å². The number of benzene rings is 2. The first kappa shape index (κ1) is 21.9. The van der Waals surface area contributed by atoms with Gasteiger partial charge in [-0.2, -0.15) is 0 Å². The van der Waals surface area contributed by atoms with Gasteiger partial charge in [-0.15, -0.1) is 13.2 Å². The first-order valence-electron chi connectivity index (χ1n) is 9.55. The van der Waals surface area contributed by atoms with Crippen LogP contribution in [0.4, 0.5) is 18.9 Å². The molecule has 162 valence electrons. The van der Waals surface area contributed by atoms with Crippen molar-refractivity contribution in [3.05, 3.63) is 54.1 Å². The maximum atomic E-state index is 12.5. The highest BCUT2D eigenvalue weighted by atomic mass is 19.4. The number of carbonyl (C=O) groups is 1. The predicted octanol–water partition coefficient (Wildman–Crippen LogP) is 3.91. The number of nitrogens with one attached hydrogen (secondary N) is 1. The number of phenolic OH excluding ortho intramolecular Hbond substituents is 1. The largest absolute Gasteiger partial charge is 0.573 e. The number of para-hydroxylation sites is 1. The molecule has 1 atom stereocenters. The Morgan fingerprint density at radius 1 is 1.20 bits per heavy atom. The van der Waals surface area contributed by atoms with E-state index in [1.54, 1.807) is 18.2 Å². The van der Waals surface area contributed by atoms with Gasteiger partial charge in [0.2, 0.25) is 5.91 Å². The maximum Gasteiger partial charge on any atom is 0.573 e. The van der Waals surface area contributed by atoms with Crippen molar-refractivity contribution >= 4 is 11.6 Å². The van der Waals surface area contributed by atoms with E-state index in [0.29, 0.717) is 30.9 Å². The van der Waals surface area contributed by atoms with E-state index in [-0.39, 0.29) is 30.1 Å². The van der Waals surface area contributed by atoms with Crippen molar-refractivity contribution in [1.82, 2.24) is 4.90 Å². The molecule has 0 saturated carbocycles. The first-order chi connectivity index (χ1) is 14.3. The lowest BCUT2D eigenvalue weighted by atomic mass is 10.1. The van der Waals surface area contributed by atoms with Crippen molar-refractivity contribution in [3.63, 3.8) is 0 Å². The molecule has 0 radical (unpaired) electrons. The van der Waals surface area contributed by atoms with Gasteiger partial charge < -0.3 is 19.9 Å². The number of anilines is 1. The van der Waals surface area contributed by atoms with Crippen LogP contribution in [-0.2, 0) is 16.1 Å². The van der Waals surface area contributed by atoms with E-state index in [4.69, 9.17) is 4.74 Å². The van der Waals surface area contributed by atoms with Crippen molar-refractivity contribution in [1.29, 1.82) is 0 Å². The van der Waals surface area contributed by atoms with Gasteiger partial charge in [0.05, 0.1) is 12.6 Å². The molecule has 2 aromatic carbocycles. The number of aromatic hydroxyl groups is 1. The summed E-state index contributed by atoms with van der Waals surface area (Å²) in [5.74, 6) is -0.538. The van der Waals surface area contributed by atoms with Gasteiger partial charge in [0, 0.05) is 30.9 Å². The van der Waals surface area contributed by atoms with Gasteiger partial charge in [-0.1, -0.05) is 18.2 Å². The molecule has 30 heavy (non-hydrogen) atoms. The van der Waals surface area contributed by atoms with Gasteiger partial charge in [0.1, 0.15) is 11.5 Å². The van der Waals surface area contributed by atoms with Crippen LogP contribution in [-0.4, -0.2) is 48.1 Å². The number of hydrogen-bond donors (Lipinski definition) is 2. The summed E-state index contributed by atoms with van der Waals surface area (Å²) in [4.78, 5) is 14.4. The number of amides is 1. The van der Waals surface area contributed by atoms with E-state index in [1.807, 2.05) is 11.0 Å². The number of nitrogens with zero attached hydrogens (tertiary/aromatic N) is 1. The Labute approximate surface area is 172 Å². The molecular formula is C21H23F3N2O4. The number of ether oxygens (including phenoxy) is 2. The van der Waals surface area contributed by atoms with E-state index in [9.17, 15) is 23.1 Å². The molecular weight excluding hydrogens is 401 g/mol. The van der Waals surface area contributed by atoms with Crippen molar-refractivity contribution in [2.24, 2.45) is 0 Å². The number of hydrogen-bond acceptors (Lipinski definition) is 5. The molecule has 0 spiro atoms. The number of phenols is 1. The second-order valence-corrected chi connectivity index (χ2v) is 7.05. The van der Waals surface area contributed by atoms with Crippen LogP contribution in [0.15, 0.2) is 48.5 Å². The molecule has 6 nitrogen and oxygen atoms in total. The summed E-state index contributed by atoms with van der Waals surface area (Å²) >= 11 is 0. The summed E-state index contributed by atoms with van der Waals surface area (Å²) in [6, 6.07) is 11.9. The fourth-order valence-electron chi connectivity index (χ4n) is 3.29. The highest BCUT2D eigenvalue weighted by Gasteiger charge is 2.31. The predicted molar refractivity (Wildman–Crippen MR) is 104 cm³/mol. The molecule has 1 heterocycles. The molecule has 1 aliphatic heterocycles. The minimum atomic E-state index is -4.77. The number of carbonyl (C=O) groups excluding carboxylic acids is 1. The number of alkyl halides is 3. The zero-order valence-corrected chi connectivity index (χ0v) is 16.2. The third-order valence-corrected chi connectivity index (χ3v) is 4.61. The Hall–Kier alpha value is -2.78. The monoisotopic (exact) mass is 424 g/mol. The first-order valence-corrected chi connectivity index (χ1v) is 9.55. The van der Waals surface area contributed by atoms with Crippen LogP contribution >= 0.6 is 0 Å². The number of rotatable bonds is 8. The summed E-state index contributed by atoms with van der Waals surface area (Å²) in [7, 11) is 0. The van der Waals surface area contributed by atoms with Crippen LogP contribution < -0.4 is 10.1 Å². The molecule has 0 aromatic heterocycles. The van der Waals surface area contributed by atoms with Crippen LogP contribution in [0.1, 0.15) is 18.4 Å². The third kappa shape index (κ3) is 6.93. The molecule has 3 rings (SSSR count). The summed E-state index contributed by atoms with van der Waals surface area (Å²) < 4.78 is 46.2. The summed E-state index contributed by atoms with van der Waals surface area (Å²) in [5.41, 5.74) is 1.05. The van der Waals surface area contributed by atoms with Crippen molar-refractivity contribution in [3.8, 4) is 11.5 Å². The highest BCUT2D eigenvalue weighted by Crippen LogP contribution is 2.24. The van der Waals surface area contributed by atoms with E-state index >= 15 is 0 Å². The molecule has 9 heteroatoms. The van der Waals surface area contributed by atoms with Gasteiger partial charge in [-0.05, 0) is 43.2 Å². The molecule has 1 fully saturated rings. The fourth-order valence-corrected chi connectivity index (χ4v) is 3.29.